The SMILES string of the molecule is NCC1CCC(C(=O)c2ccc(-c3ccccc3)cc2)O1. The van der Waals surface area contributed by atoms with Gasteiger partial charge in [-0.3, -0.25) is 4.79 Å². The average Bonchev–Trinajstić information content (AvgIpc) is 3.04. The quantitative estimate of drug-likeness (QED) is 0.876. The summed E-state index contributed by atoms with van der Waals surface area (Å²) in [7, 11) is 0. The molecule has 1 saturated heterocycles. The molecule has 1 aliphatic heterocycles. The molecule has 2 unspecified atom stereocenters. The van der Waals surface area contributed by atoms with Crippen LogP contribution in [0.25, 0.3) is 11.1 Å². The summed E-state index contributed by atoms with van der Waals surface area (Å²) in [5.74, 6) is 0.0607. The molecule has 0 radical (unpaired) electrons. The van der Waals surface area contributed by atoms with Crippen LogP contribution in [0.4, 0.5) is 0 Å². The van der Waals surface area contributed by atoms with Crippen molar-refractivity contribution in [3.8, 4) is 11.1 Å². The summed E-state index contributed by atoms with van der Waals surface area (Å²) in [5.41, 5.74) is 8.55. The Labute approximate surface area is 124 Å². The fourth-order valence-corrected chi connectivity index (χ4v) is 2.72. The molecule has 0 saturated carbocycles. The Morgan fingerprint density at radius 3 is 2.29 bits per heavy atom. The molecule has 2 aromatic carbocycles. The van der Waals surface area contributed by atoms with Crippen molar-refractivity contribution in [3.05, 3.63) is 60.2 Å². The predicted molar refractivity (Wildman–Crippen MR) is 83.2 cm³/mol. The molecule has 0 aromatic heterocycles. The second kappa shape index (κ2) is 6.20. The molecule has 0 bridgehead atoms. The maximum atomic E-state index is 12.4. The smallest absolute Gasteiger partial charge is 0.191 e. The van der Waals surface area contributed by atoms with Gasteiger partial charge in [0.1, 0.15) is 6.10 Å². The van der Waals surface area contributed by atoms with E-state index in [2.05, 4.69) is 12.1 Å². The van der Waals surface area contributed by atoms with Crippen LogP contribution in [0.2, 0.25) is 0 Å². The normalized spacial score (nSPS) is 21.4. The van der Waals surface area contributed by atoms with Gasteiger partial charge in [-0.15, -0.1) is 0 Å². The molecule has 2 N–H and O–H groups in total. The van der Waals surface area contributed by atoms with Crippen LogP contribution in [0.15, 0.2) is 54.6 Å². The largest absolute Gasteiger partial charge is 0.366 e. The van der Waals surface area contributed by atoms with Gasteiger partial charge in [-0.1, -0.05) is 54.6 Å². The predicted octanol–water partition coefficient (Wildman–Crippen LogP) is 3.04. The summed E-state index contributed by atoms with van der Waals surface area (Å²) >= 11 is 0. The highest BCUT2D eigenvalue weighted by Crippen LogP contribution is 2.24. The molecule has 3 rings (SSSR count). The second-order valence-corrected chi connectivity index (χ2v) is 5.37. The topological polar surface area (TPSA) is 52.3 Å². The van der Waals surface area contributed by atoms with E-state index in [4.69, 9.17) is 10.5 Å². The number of nitrogens with two attached hydrogens (primary N) is 1. The highest BCUT2D eigenvalue weighted by Gasteiger charge is 2.30. The summed E-state index contributed by atoms with van der Waals surface area (Å²) in [5, 5.41) is 0. The highest BCUT2D eigenvalue weighted by atomic mass is 16.5. The van der Waals surface area contributed by atoms with E-state index in [1.807, 2.05) is 42.5 Å². The van der Waals surface area contributed by atoms with Gasteiger partial charge in [0.05, 0.1) is 6.10 Å². The minimum atomic E-state index is -0.332. The Morgan fingerprint density at radius 1 is 1.00 bits per heavy atom. The van der Waals surface area contributed by atoms with Crippen LogP contribution in [-0.2, 0) is 4.74 Å². The Balaban J connectivity index is 1.74. The number of carbonyl (C=O) groups is 1. The third-order valence-corrected chi connectivity index (χ3v) is 3.94. The van der Waals surface area contributed by atoms with E-state index in [0.717, 1.165) is 24.0 Å². The molecule has 1 heterocycles. The standard InChI is InChI=1S/C18H19NO2/c19-12-16-10-11-17(21-16)18(20)15-8-6-14(7-9-15)13-4-2-1-3-5-13/h1-9,16-17H,10-12,19H2. The van der Waals surface area contributed by atoms with Gasteiger partial charge in [-0.25, -0.2) is 0 Å². The lowest BCUT2D eigenvalue weighted by Crippen LogP contribution is -2.25. The van der Waals surface area contributed by atoms with E-state index in [-0.39, 0.29) is 18.0 Å². The minimum Gasteiger partial charge on any atom is -0.366 e. The number of benzene rings is 2. The highest BCUT2D eigenvalue weighted by molar-refractivity contribution is 6.00. The Hall–Kier alpha value is -1.97. The molecule has 108 valence electrons. The van der Waals surface area contributed by atoms with Gasteiger partial charge in [-0.05, 0) is 24.0 Å². The Kier molecular flexibility index (Phi) is 4.13. The zero-order chi connectivity index (χ0) is 14.7. The Morgan fingerprint density at radius 2 is 1.67 bits per heavy atom. The molecule has 0 spiro atoms. The zero-order valence-electron chi connectivity index (χ0n) is 11.9. The van der Waals surface area contributed by atoms with Gasteiger partial charge in [0.2, 0.25) is 0 Å². The van der Waals surface area contributed by atoms with Crippen molar-refractivity contribution in [1.82, 2.24) is 0 Å². The third-order valence-electron chi connectivity index (χ3n) is 3.94. The number of hydrogen-bond acceptors (Lipinski definition) is 3. The third kappa shape index (κ3) is 3.04. The van der Waals surface area contributed by atoms with Crippen molar-refractivity contribution in [2.45, 2.75) is 25.0 Å². The molecular formula is C18H19NO2. The lowest BCUT2D eigenvalue weighted by Gasteiger charge is -2.11. The van der Waals surface area contributed by atoms with Gasteiger partial charge >= 0.3 is 0 Å². The zero-order valence-corrected chi connectivity index (χ0v) is 11.9. The Bertz CT molecular complexity index is 607. The van der Waals surface area contributed by atoms with Gasteiger partial charge in [0, 0.05) is 12.1 Å². The number of Topliss-reactive ketones (excluding diaryl/α,β-unsaturated/α-hetero) is 1. The van der Waals surface area contributed by atoms with Gasteiger partial charge in [0.15, 0.2) is 5.78 Å². The van der Waals surface area contributed by atoms with Crippen molar-refractivity contribution in [2.24, 2.45) is 5.73 Å². The average molecular weight is 281 g/mol. The van der Waals surface area contributed by atoms with Crippen LogP contribution in [0.5, 0.6) is 0 Å². The summed E-state index contributed by atoms with van der Waals surface area (Å²) in [4.78, 5) is 12.4. The number of hydrogen-bond donors (Lipinski definition) is 1. The first kappa shape index (κ1) is 14.0. The molecule has 3 nitrogen and oxygen atoms in total. The fraction of sp³-hybridized carbons (Fsp3) is 0.278. The first-order chi connectivity index (χ1) is 10.3. The molecule has 3 heteroatoms. The van der Waals surface area contributed by atoms with Crippen molar-refractivity contribution in [1.29, 1.82) is 0 Å². The molecule has 2 atom stereocenters. The first-order valence-electron chi connectivity index (χ1n) is 7.33. The molecule has 1 fully saturated rings. The van der Waals surface area contributed by atoms with Crippen molar-refractivity contribution < 1.29 is 9.53 Å². The van der Waals surface area contributed by atoms with Crippen molar-refractivity contribution in [3.63, 3.8) is 0 Å². The van der Waals surface area contributed by atoms with Crippen molar-refractivity contribution >= 4 is 5.78 Å². The van der Waals surface area contributed by atoms with E-state index in [1.54, 1.807) is 0 Å². The summed E-state index contributed by atoms with van der Waals surface area (Å²) in [6, 6.07) is 17.9. The van der Waals surface area contributed by atoms with Gasteiger partial charge in [-0.2, -0.15) is 0 Å². The van der Waals surface area contributed by atoms with E-state index in [0.29, 0.717) is 12.1 Å². The maximum absolute atomic E-state index is 12.4. The van der Waals surface area contributed by atoms with Crippen LogP contribution in [0.1, 0.15) is 23.2 Å². The van der Waals surface area contributed by atoms with Crippen LogP contribution in [0, 0.1) is 0 Å². The monoisotopic (exact) mass is 281 g/mol. The summed E-state index contributed by atoms with van der Waals surface area (Å²) in [6.07, 6.45) is 1.33. The van der Waals surface area contributed by atoms with E-state index in [9.17, 15) is 4.79 Å². The van der Waals surface area contributed by atoms with Gasteiger partial charge in [0.25, 0.3) is 0 Å². The minimum absolute atomic E-state index is 0.0301. The van der Waals surface area contributed by atoms with Crippen LogP contribution < -0.4 is 5.73 Å². The molecule has 21 heavy (non-hydrogen) atoms. The number of ketones is 1. The van der Waals surface area contributed by atoms with Crippen LogP contribution in [-0.4, -0.2) is 24.5 Å². The lowest BCUT2D eigenvalue weighted by molar-refractivity contribution is 0.0404. The van der Waals surface area contributed by atoms with Crippen molar-refractivity contribution in [2.75, 3.05) is 6.54 Å². The lowest BCUT2D eigenvalue weighted by atomic mass is 9.99. The molecular weight excluding hydrogens is 262 g/mol. The van der Waals surface area contributed by atoms with Crippen LogP contribution in [0.3, 0.4) is 0 Å². The molecule has 1 aliphatic rings. The number of ether oxygens (including phenoxy) is 1. The first-order valence-corrected chi connectivity index (χ1v) is 7.33. The fourth-order valence-electron chi connectivity index (χ4n) is 2.72. The number of rotatable bonds is 4. The van der Waals surface area contributed by atoms with E-state index >= 15 is 0 Å². The van der Waals surface area contributed by atoms with Crippen LogP contribution >= 0.6 is 0 Å². The molecule has 2 aromatic rings. The summed E-state index contributed by atoms with van der Waals surface area (Å²) in [6.45, 7) is 0.483. The molecule has 0 amide bonds. The van der Waals surface area contributed by atoms with Gasteiger partial charge < -0.3 is 10.5 Å². The molecule has 0 aliphatic carbocycles. The van der Waals surface area contributed by atoms with E-state index < -0.39 is 0 Å². The summed E-state index contributed by atoms with van der Waals surface area (Å²) < 4.78 is 5.67. The maximum Gasteiger partial charge on any atom is 0.191 e. The number of carbonyl (C=O) groups excluding carboxylic acids is 1. The second-order valence-electron chi connectivity index (χ2n) is 5.37. The van der Waals surface area contributed by atoms with E-state index in [1.165, 1.54) is 0 Å².